The topological polar surface area (TPSA) is 47.6 Å². The van der Waals surface area contributed by atoms with Crippen molar-refractivity contribution in [1.82, 2.24) is 0 Å². The normalized spacial score (nSPS) is 19.6. The van der Waals surface area contributed by atoms with Crippen molar-refractivity contribution in [2.45, 2.75) is 33.0 Å². The van der Waals surface area contributed by atoms with Crippen molar-refractivity contribution in [3.63, 3.8) is 0 Å². The van der Waals surface area contributed by atoms with E-state index in [2.05, 4.69) is 5.32 Å². The summed E-state index contributed by atoms with van der Waals surface area (Å²) < 4.78 is 11.6. The van der Waals surface area contributed by atoms with E-state index in [1.165, 1.54) is 0 Å². The summed E-state index contributed by atoms with van der Waals surface area (Å²) in [6.45, 7) is 5.80. The van der Waals surface area contributed by atoms with Gasteiger partial charge in [-0.1, -0.05) is 24.3 Å². The molecule has 22 heavy (non-hydrogen) atoms. The lowest BCUT2D eigenvalue weighted by Crippen LogP contribution is -2.46. The molecule has 1 aliphatic rings. The molecule has 2 aromatic rings. The summed E-state index contributed by atoms with van der Waals surface area (Å²) in [7, 11) is 0. The van der Waals surface area contributed by atoms with Crippen LogP contribution in [0.2, 0.25) is 0 Å². The summed E-state index contributed by atoms with van der Waals surface area (Å²) in [5.41, 5.74) is 2.92. The number of para-hydroxylation sites is 2. The maximum atomic E-state index is 12.5. The van der Waals surface area contributed by atoms with Crippen LogP contribution in [0, 0.1) is 13.8 Å². The van der Waals surface area contributed by atoms with Crippen LogP contribution in [0.4, 0.5) is 5.69 Å². The van der Waals surface area contributed by atoms with E-state index in [0.29, 0.717) is 11.5 Å². The number of aryl methyl sites for hydroxylation is 2. The predicted octanol–water partition coefficient (Wildman–Crippen LogP) is 3.47. The van der Waals surface area contributed by atoms with Crippen LogP contribution in [-0.2, 0) is 4.79 Å². The zero-order valence-electron chi connectivity index (χ0n) is 12.9. The molecule has 0 saturated carbocycles. The monoisotopic (exact) mass is 297 g/mol. The average molecular weight is 297 g/mol. The molecule has 114 valence electrons. The van der Waals surface area contributed by atoms with Crippen molar-refractivity contribution < 1.29 is 14.3 Å². The van der Waals surface area contributed by atoms with Crippen molar-refractivity contribution in [2.75, 3.05) is 5.32 Å². The van der Waals surface area contributed by atoms with E-state index in [-0.39, 0.29) is 12.0 Å². The van der Waals surface area contributed by atoms with Crippen molar-refractivity contribution in [3.05, 3.63) is 53.6 Å². The summed E-state index contributed by atoms with van der Waals surface area (Å²) in [4.78, 5) is 12.5. The molecule has 0 radical (unpaired) electrons. The minimum atomic E-state index is -0.671. The fourth-order valence-electron chi connectivity index (χ4n) is 2.48. The molecule has 1 amide bonds. The van der Waals surface area contributed by atoms with Gasteiger partial charge in [0.15, 0.2) is 11.5 Å². The van der Waals surface area contributed by atoms with E-state index < -0.39 is 6.10 Å². The highest BCUT2D eigenvalue weighted by atomic mass is 16.6. The van der Waals surface area contributed by atoms with Gasteiger partial charge in [0.25, 0.3) is 5.91 Å². The third-order valence-electron chi connectivity index (χ3n) is 3.75. The Morgan fingerprint density at radius 1 is 1.05 bits per heavy atom. The van der Waals surface area contributed by atoms with Crippen LogP contribution in [0.1, 0.15) is 18.1 Å². The maximum Gasteiger partial charge on any atom is 0.269 e. The van der Waals surface area contributed by atoms with Gasteiger partial charge in [0, 0.05) is 5.69 Å². The second-order valence-corrected chi connectivity index (χ2v) is 5.62. The number of hydrogen-bond donors (Lipinski definition) is 1. The first-order chi connectivity index (χ1) is 10.5. The summed E-state index contributed by atoms with van der Waals surface area (Å²) in [5.74, 6) is 1.07. The van der Waals surface area contributed by atoms with Gasteiger partial charge in [-0.3, -0.25) is 4.79 Å². The first-order valence-electron chi connectivity index (χ1n) is 7.35. The lowest BCUT2D eigenvalue weighted by atomic mass is 10.1. The molecule has 1 N–H and O–H groups in total. The largest absolute Gasteiger partial charge is 0.482 e. The van der Waals surface area contributed by atoms with Gasteiger partial charge in [-0.25, -0.2) is 0 Å². The third kappa shape index (κ3) is 2.77. The zero-order valence-corrected chi connectivity index (χ0v) is 12.9. The van der Waals surface area contributed by atoms with Crippen molar-refractivity contribution in [1.29, 1.82) is 0 Å². The molecule has 0 spiro atoms. The number of anilines is 1. The summed E-state index contributed by atoms with van der Waals surface area (Å²) in [5, 5.41) is 2.94. The Kier molecular flexibility index (Phi) is 3.75. The van der Waals surface area contributed by atoms with E-state index >= 15 is 0 Å². The third-order valence-corrected chi connectivity index (χ3v) is 3.75. The number of carbonyl (C=O) groups excluding carboxylic acids is 1. The van der Waals surface area contributed by atoms with Crippen LogP contribution in [0.25, 0.3) is 0 Å². The fraction of sp³-hybridized carbons (Fsp3) is 0.278. The standard InChI is InChI=1S/C18H19NO3/c1-11-8-9-12(2)14(10-11)19-18(20)17-13(3)21-15-6-4-5-7-16(15)22-17/h4-10,13,17H,1-3H3,(H,19,20)/t13-,17-/m0/s1. The van der Waals surface area contributed by atoms with Gasteiger partial charge in [-0.2, -0.15) is 0 Å². The molecule has 0 saturated heterocycles. The molecule has 0 fully saturated rings. The highest BCUT2D eigenvalue weighted by molar-refractivity contribution is 5.95. The number of ether oxygens (including phenoxy) is 2. The van der Waals surface area contributed by atoms with Crippen LogP contribution in [-0.4, -0.2) is 18.1 Å². The number of benzene rings is 2. The zero-order chi connectivity index (χ0) is 15.7. The van der Waals surface area contributed by atoms with Gasteiger partial charge >= 0.3 is 0 Å². The molecule has 0 aliphatic carbocycles. The van der Waals surface area contributed by atoms with E-state index in [1.807, 2.05) is 57.2 Å². The summed E-state index contributed by atoms with van der Waals surface area (Å²) in [6.07, 6.45) is -1.02. The van der Waals surface area contributed by atoms with Crippen LogP contribution in [0.3, 0.4) is 0 Å². The second kappa shape index (κ2) is 5.72. The van der Waals surface area contributed by atoms with E-state index in [9.17, 15) is 4.79 Å². The Bertz CT molecular complexity index is 711. The van der Waals surface area contributed by atoms with Gasteiger partial charge in [-0.05, 0) is 50.1 Å². The molecule has 1 heterocycles. The van der Waals surface area contributed by atoms with Crippen LogP contribution < -0.4 is 14.8 Å². The quantitative estimate of drug-likeness (QED) is 0.923. The van der Waals surface area contributed by atoms with Crippen molar-refractivity contribution >= 4 is 11.6 Å². The van der Waals surface area contributed by atoms with Crippen LogP contribution in [0.15, 0.2) is 42.5 Å². The van der Waals surface area contributed by atoms with Crippen LogP contribution in [0.5, 0.6) is 11.5 Å². The van der Waals surface area contributed by atoms with E-state index in [4.69, 9.17) is 9.47 Å². The number of fused-ring (bicyclic) bond motifs is 1. The van der Waals surface area contributed by atoms with Gasteiger partial charge < -0.3 is 14.8 Å². The maximum absolute atomic E-state index is 12.5. The highest BCUT2D eigenvalue weighted by Gasteiger charge is 2.34. The van der Waals surface area contributed by atoms with E-state index in [0.717, 1.165) is 16.8 Å². The Morgan fingerprint density at radius 2 is 1.73 bits per heavy atom. The predicted molar refractivity (Wildman–Crippen MR) is 85.5 cm³/mol. The smallest absolute Gasteiger partial charge is 0.269 e. The van der Waals surface area contributed by atoms with Gasteiger partial charge in [0.2, 0.25) is 6.10 Å². The minimum absolute atomic E-state index is 0.198. The number of hydrogen-bond acceptors (Lipinski definition) is 3. The SMILES string of the molecule is Cc1ccc(C)c(NC(=O)[C@H]2Oc3ccccc3O[C@H]2C)c1. The van der Waals surface area contributed by atoms with Gasteiger partial charge in [0.05, 0.1) is 0 Å². The van der Waals surface area contributed by atoms with Gasteiger partial charge in [-0.15, -0.1) is 0 Å². The molecule has 4 nitrogen and oxygen atoms in total. The Hall–Kier alpha value is -2.49. The molecule has 3 rings (SSSR count). The lowest BCUT2D eigenvalue weighted by Gasteiger charge is -2.31. The van der Waals surface area contributed by atoms with E-state index in [1.54, 1.807) is 6.07 Å². The molecule has 0 bridgehead atoms. The molecular formula is C18H19NO3. The minimum Gasteiger partial charge on any atom is -0.482 e. The van der Waals surface area contributed by atoms with Crippen molar-refractivity contribution in [2.24, 2.45) is 0 Å². The lowest BCUT2D eigenvalue weighted by molar-refractivity contribution is -0.128. The van der Waals surface area contributed by atoms with Gasteiger partial charge in [0.1, 0.15) is 6.10 Å². The molecule has 4 heteroatoms. The molecule has 2 aromatic carbocycles. The molecule has 0 unspecified atom stereocenters. The molecule has 0 aromatic heterocycles. The summed E-state index contributed by atoms with van der Waals surface area (Å²) in [6, 6.07) is 13.3. The van der Waals surface area contributed by atoms with Crippen LogP contribution >= 0.6 is 0 Å². The average Bonchev–Trinajstić information content (AvgIpc) is 2.50. The Labute approximate surface area is 130 Å². The molecular weight excluding hydrogens is 278 g/mol. The number of carbonyl (C=O) groups is 1. The number of nitrogens with one attached hydrogen (secondary N) is 1. The molecule has 2 atom stereocenters. The fourth-order valence-corrected chi connectivity index (χ4v) is 2.48. The Balaban J connectivity index is 1.79. The first-order valence-corrected chi connectivity index (χ1v) is 7.35. The highest BCUT2D eigenvalue weighted by Crippen LogP contribution is 2.33. The first kappa shape index (κ1) is 14.4. The Morgan fingerprint density at radius 3 is 2.45 bits per heavy atom. The number of rotatable bonds is 2. The van der Waals surface area contributed by atoms with Crippen molar-refractivity contribution in [3.8, 4) is 11.5 Å². The molecule has 1 aliphatic heterocycles. The summed E-state index contributed by atoms with van der Waals surface area (Å²) >= 11 is 0. The number of amides is 1. The second-order valence-electron chi connectivity index (χ2n) is 5.62.